The maximum absolute atomic E-state index is 9.60. The highest BCUT2D eigenvalue weighted by Crippen LogP contribution is 2.45. The van der Waals surface area contributed by atoms with Crippen molar-refractivity contribution in [3.8, 4) is 0 Å². The number of hydrogen-bond acceptors (Lipinski definition) is 4. The number of aromatic amines is 1. The molecular formula is C18H25N3O2. The topological polar surface area (TPSA) is 72.4 Å². The van der Waals surface area contributed by atoms with Crippen LogP contribution in [0.1, 0.15) is 17.8 Å². The van der Waals surface area contributed by atoms with Crippen LogP contribution in [0.25, 0.3) is 11.0 Å². The predicted octanol–water partition coefficient (Wildman–Crippen LogP) is 1.54. The Balaban J connectivity index is 1.49. The lowest BCUT2D eigenvalue weighted by atomic mass is 9.91. The van der Waals surface area contributed by atoms with Crippen LogP contribution in [0.5, 0.6) is 0 Å². The third kappa shape index (κ3) is 2.67. The molecule has 1 aliphatic carbocycles. The molecule has 2 aliphatic rings. The molecular weight excluding hydrogens is 290 g/mol. The maximum Gasteiger partial charge on any atom is 0.121 e. The van der Waals surface area contributed by atoms with Crippen molar-refractivity contribution >= 4 is 11.0 Å². The van der Waals surface area contributed by atoms with E-state index in [2.05, 4.69) is 35.0 Å². The van der Waals surface area contributed by atoms with E-state index in [1.54, 1.807) is 0 Å². The van der Waals surface area contributed by atoms with E-state index >= 15 is 0 Å². The lowest BCUT2D eigenvalue weighted by Gasteiger charge is -2.19. The summed E-state index contributed by atoms with van der Waals surface area (Å²) in [6.07, 6.45) is 0.972. The monoisotopic (exact) mass is 315 g/mol. The van der Waals surface area contributed by atoms with Crippen LogP contribution in [-0.2, 0) is 6.54 Å². The zero-order valence-corrected chi connectivity index (χ0v) is 13.6. The van der Waals surface area contributed by atoms with Crippen LogP contribution in [0.2, 0.25) is 0 Å². The number of hydrogen-bond donors (Lipinski definition) is 3. The van der Waals surface area contributed by atoms with E-state index in [1.807, 2.05) is 0 Å². The van der Waals surface area contributed by atoms with Crippen molar-refractivity contribution in [2.45, 2.75) is 19.9 Å². The molecule has 5 nitrogen and oxygen atoms in total. The van der Waals surface area contributed by atoms with E-state index in [0.717, 1.165) is 42.9 Å². The van der Waals surface area contributed by atoms with Gasteiger partial charge in [0.1, 0.15) is 5.82 Å². The van der Waals surface area contributed by atoms with Crippen molar-refractivity contribution in [1.82, 2.24) is 14.9 Å². The molecule has 0 unspecified atom stereocenters. The van der Waals surface area contributed by atoms with E-state index in [1.165, 1.54) is 5.56 Å². The number of aromatic nitrogens is 2. The molecule has 1 aromatic heterocycles. The first-order valence-electron chi connectivity index (χ1n) is 8.57. The fourth-order valence-electron chi connectivity index (χ4n) is 4.69. The Bertz CT molecular complexity index is 681. The number of benzene rings is 1. The molecule has 2 fully saturated rings. The standard InChI is InChI=1S/C18H25N3O2/c1-11-2-3-16-17(4-11)20-18(19-16)8-21-6-14-12(9-22)5-13(10-23)15(14)7-21/h2-4,12-15,22-23H,5-10H2,1H3,(H,19,20)/t12-,13+,14+,15-. The van der Waals surface area contributed by atoms with Crippen molar-refractivity contribution in [2.75, 3.05) is 26.3 Å². The van der Waals surface area contributed by atoms with Gasteiger partial charge in [0.25, 0.3) is 0 Å². The minimum absolute atomic E-state index is 0.245. The number of aliphatic hydroxyl groups excluding tert-OH is 2. The quantitative estimate of drug-likeness (QED) is 0.800. The molecule has 124 valence electrons. The normalized spacial score (nSPS) is 31.1. The lowest BCUT2D eigenvalue weighted by Crippen LogP contribution is -2.25. The van der Waals surface area contributed by atoms with E-state index in [4.69, 9.17) is 4.98 Å². The van der Waals surface area contributed by atoms with E-state index in [-0.39, 0.29) is 13.2 Å². The zero-order valence-electron chi connectivity index (χ0n) is 13.6. The summed E-state index contributed by atoms with van der Waals surface area (Å²) in [6, 6.07) is 6.28. The molecule has 2 heterocycles. The first-order valence-corrected chi connectivity index (χ1v) is 8.57. The Hall–Kier alpha value is -1.43. The molecule has 1 saturated carbocycles. The number of nitrogens with zero attached hydrogens (tertiary/aromatic N) is 2. The highest BCUT2D eigenvalue weighted by Gasteiger charge is 2.47. The van der Waals surface area contributed by atoms with Crippen LogP contribution < -0.4 is 0 Å². The second-order valence-corrected chi connectivity index (χ2v) is 7.35. The van der Waals surface area contributed by atoms with Gasteiger partial charge in [-0.2, -0.15) is 0 Å². The minimum atomic E-state index is 0.245. The smallest absolute Gasteiger partial charge is 0.121 e. The van der Waals surface area contributed by atoms with Crippen molar-refractivity contribution in [2.24, 2.45) is 23.7 Å². The Morgan fingerprint density at radius 2 is 1.87 bits per heavy atom. The Morgan fingerprint density at radius 1 is 1.17 bits per heavy atom. The fraction of sp³-hybridized carbons (Fsp3) is 0.611. The number of imidazole rings is 1. The number of aliphatic hydroxyl groups is 2. The van der Waals surface area contributed by atoms with Gasteiger partial charge < -0.3 is 15.2 Å². The molecule has 0 amide bonds. The van der Waals surface area contributed by atoms with Gasteiger partial charge in [0.05, 0.1) is 17.6 Å². The SMILES string of the molecule is Cc1ccc2nc(CN3C[C@@H]4[C@H](CO)C[C@H](CO)[C@@H]4C3)[nH]c2c1. The Morgan fingerprint density at radius 3 is 2.52 bits per heavy atom. The molecule has 5 heteroatoms. The zero-order chi connectivity index (χ0) is 16.0. The number of aryl methyl sites for hydroxylation is 1. The van der Waals surface area contributed by atoms with Crippen molar-refractivity contribution < 1.29 is 10.2 Å². The minimum Gasteiger partial charge on any atom is -0.396 e. The van der Waals surface area contributed by atoms with E-state index in [0.29, 0.717) is 23.7 Å². The molecule has 4 atom stereocenters. The predicted molar refractivity (Wildman–Crippen MR) is 88.9 cm³/mol. The third-order valence-electron chi connectivity index (χ3n) is 5.83. The van der Waals surface area contributed by atoms with E-state index < -0.39 is 0 Å². The average molecular weight is 315 g/mol. The molecule has 0 spiro atoms. The number of nitrogens with one attached hydrogen (secondary N) is 1. The maximum atomic E-state index is 9.60. The number of fused-ring (bicyclic) bond motifs is 2. The molecule has 23 heavy (non-hydrogen) atoms. The van der Waals surface area contributed by atoms with E-state index in [9.17, 15) is 10.2 Å². The van der Waals surface area contributed by atoms with Crippen LogP contribution in [-0.4, -0.2) is 51.4 Å². The highest BCUT2D eigenvalue weighted by atomic mass is 16.3. The summed E-state index contributed by atoms with van der Waals surface area (Å²) in [5, 5.41) is 19.2. The summed E-state index contributed by atoms with van der Waals surface area (Å²) in [4.78, 5) is 10.5. The van der Waals surface area contributed by atoms with Gasteiger partial charge in [-0.05, 0) is 54.7 Å². The molecule has 1 aromatic carbocycles. The van der Waals surface area contributed by atoms with Crippen LogP contribution in [0.4, 0.5) is 0 Å². The highest BCUT2D eigenvalue weighted by molar-refractivity contribution is 5.75. The second-order valence-electron chi connectivity index (χ2n) is 7.35. The van der Waals surface area contributed by atoms with Gasteiger partial charge in [-0.3, -0.25) is 4.90 Å². The van der Waals surface area contributed by atoms with Gasteiger partial charge in [0, 0.05) is 26.3 Å². The van der Waals surface area contributed by atoms with Crippen LogP contribution in [0.15, 0.2) is 18.2 Å². The molecule has 1 aliphatic heterocycles. The summed E-state index contributed by atoms with van der Waals surface area (Å²) in [5.41, 5.74) is 3.35. The van der Waals surface area contributed by atoms with Crippen LogP contribution >= 0.6 is 0 Å². The van der Waals surface area contributed by atoms with Gasteiger partial charge in [-0.15, -0.1) is 0 Å². The third-order valence-corrected chi connectivity index (χ3v) is 5.83. The van der Waals surface area contributed by atoms with Gasteiger partial charge in [0.15, 0.2) is 0 Å². The van der Waals surface area contributed by atoms with Crippen molar-refractivity contribution in [3.05, 3.63) is 29.6 Å². The van der Waals surface area contributed by atoms with Crippen molar-refractivity contribution in [1.29, 1.82) is 0 Å². The molecule has 0 bridgehead atoms. The van der Waals surface area contributed by atoms with Gasteiger partial charge in [-0.25, -0.2) is 4.98 Å². The Labute approximate surface area is 136 Å². The summed E-state index contributed by atoms with van der Waals surface area (Å²) in [6.45, 7) is 5.40. The number of likely N-dealkylation sites (tertiary alicyclic amines) is 1. The summed E-state index contributed by atoms with van der Waals surface area (Å²) >= 11 is 0. The second kappa shape index (κ2) is 5.89. The molecule has 2 aromatic rings. The number of H-pyrrole nitrogens is 1. The van der Waals surface area contributed by atoms with Gasteiger partial charge in [0.2, 0.25) is 0 Å². The first kappa shape index (κ1) is 15.1. The molecule has 0 radical (unpaired) electrons. The van der Waals surface area contributed by atoms with Gasteiger partial charge >= 0.3 is 0 Å². The molecule has 3 N–H and O–H groups in total. The van der Waals surface area contributed by atoms with Crippen LogP contribution in [0.3, 0.4) is 0 Å². The number of rotatable bonds is 4. The first-order chi connectivity index (χ1) is 11.2. The van der Waals surface area contributed by atoms with Crippen LogP contribution in [0, 0.1) is 30.6 Å². The van der Waals surface area contributed by atoms with Crippen molar-refractivity contribution in [3.63, 3.8) is 0 Å². The molecule has 4 rings (SSSR count). The summed E-state index contributed by atoms with van der Waals surface area (Å²) in [5.74, 6) is 2.74. The summed E-state index contributed by atoms with van der Waals surface area (Å²) < 4.78 is 0. The average Bonchev–Trinajstić information content (AvgIpc) is 3.19. The van der Waals surface area contributed by atoms with Gasteiger partial charge in [-0.1, -0.05) is 6.07 Å². The molecule has 1 saturated heterocycles. The fourth-order valence-corrected chi connectivity index (χ4v) is 4.69. The lowest BCUT2D eigenvalue weighted by molar-refractivity contribution is 0.167. The Kier molecular flexibility index (Phi) is 3.87. The largest absolute Gasteiger partial charge is 0.396 e. The summed E-state index contributed by atoms with van der Waals surface area (Å²) in [7, 11) is 0.